The van der Waals surface area contributed by atoms with Crippen molar-refractivity contribution in [3.05, 3.63) is 24.0 Å². The fraction of sp³-hybridized carbons (Fsp3) is 0.500. The van der Waals surface area contributed by atoms with E-state index in [4.69, 9.17) is 10.5 Å². The Morgan fingerprint density at radius 2 is 2.25 bits per heavy atom. The molecule has 0 bridgehead atoms. The molecule has 6 heteroatoms. The summed E-state index contributed by atoms with van der Waals surface area (Å²) < 4.78 is 18.0. The molecule has 112 valence electrons. The molecule has 1 amide bonds. The number of rotatable bonds is 7. The van der Waals surface area contributed by atoms with Gasteiger partial charge in [0.1, 0.15) is 5.82 Å². The first-order valence-corrected chi connectivity index (χ1v) is 6.55. The largest absolute Gasteiger partial charge is 0.397 e. The third-order valence-corrected chi connectivity index (χ3v) is 3.07. The topological polar surface area (TPSA) is 67.6 Å². The molecule has 0 radical (unpaired) electrons. The fourth-order valence-electron chi connectivity index (χ4n) is 1.95. The van der Waals surface area contributed by atoms with Gasteiger partial charge in [-0.15, -0.1) is 0 Å². The fourth-order valence-corrected chi connectivity index (χ4v) is 1.95. The van der Waals surface area contributed by atoms with Gasteiger partial charge in [-0.05, 0) is 31.7 Å². The van der Waals surface area contributed by atoms with Crippen molar-refractivity contribution in [2.75, 3.05) is 37.9 Å². The van der Waals surface area contributed by atoms with Crippen molar-refractivity contribution < 1.29 is 13.9 Å². The molecular weight excluding hydrogens is 261 g/mol. The van der Waals surface area contributed by atoms with Gasteiger partial charge in [-0.1, -0.05) is 6.92 Å². The van der Waals surface area contributed by atoms with Crippen LogP contribution in [0.4, 0.5) is 15.8 Å². The first-order valence-electron chi connectivity index (χ1n) is 6.55. The average Bonchev–Trinajstić information content (AvgIpc) is 2.39. The van der Waals surface area contributed by atoms with Crippen molar-refractivity contribution in [3.8, 4) is 0 Å². The number of methoxy groups -OCH3 is 1. The van der Waals surface area contributed by atoms with Crippen LogP contribution in [0.3, 0.4) is 0 Å². The van der Waals surface area contributed by atoms with E-state index in [1.165, 1.54) is 18.2 Å². The van der Waals surface area contributed by atoms with Crippen LogP contribution in [0.2, 0.25) is 0 Å². The van der Waals surface area contributed by atoms with E-state index in [2.05, 4.69) is 5.32 Å². The lowest BCUT2D eigenvalue weighted by atomic mass is 10.2. The van der Waals surface area contributed by atoms with Gasteiger partial charge in [0.05, 0.1) is 24.5 Å². The third-order valence-electron chi connectivity index (χ3n) is 3.07. The molecule has 20 heavy (non-hydrogen) atoms. The maximum atomic E-state index is 12.9. The van der Waals surface area contributed by atoms with Gasteiger partial charge in [0.2, 0.25) is 5.91 Å². The summed E-state index contributed by atoms with van der Waals surface area (Å²) in [6, 6.07) is 4.04. The van der Waals surface area contributed by atoms with Crippen LogP contribution in [0.5, 0.6) is 0 Å². The Kier molecular flexibility index (Phi) is 6.41. The first-order chi connectivity index (χ1) is 9.47. The summed E-state index contributed by atoms with van der Waals surface area (Å²) in [6.07, 6.45) is 0. The number of ether oxygens (including phenoxy) is 1. The van der Waals surface area contributed by atoms with Gasteiger partial charge < -0.3 is 15.8 Å². The van der Waals surface area contributed by atoms with E-state index in [-0.39, 0.29) is 24.2 Å². The maximum Gasteiger partial charge on any atom is 0.238 e. The van der Waals surface area contributed by atoms with Crippen LogP contribution >= 0.6 is 0 Å². The van der Waals surface area contributed by atoms with Gasteiger partial charge in [-0.25, -0.2) is 4.39 Å². The number of halogens is 1. The Hall–Kier alpha value is -1.66. The number of nitrogens with zero attached hydrogens (tertiary/aromatic N) is 1. The molecule has 1 rings (SSSR count). The van der Waals surface area contributed by atoms with E-state index in [0.717, 1.165) is 6.54 Å². The van der Waals surface area contributed by atoms with Crippen molar-refractivity contribution in [3.63, 3.8) is 0 Å². The zero-order chi connectivity index (χ0) is 15.1. The van der Waals surface area contributed by atoms with E-state index >= 15 is 0 Å². The van der Waals surface area contributed by atoms with Gasteiger partial charge >= 0.3 is 0 Å². The molecule has 0 aromatic heterocycles. The van der Waals surface area contributed by atoms with E-state index in [9.17, 15) is 9.18 Å². The number of hydrogen-bond donors (Lipinski definition) is 2. The van der Waals surface area contributed by atoms with Gasteiger partial charge in [0.25, 0.3) is 0 Å². The highest BCUT2D eigenvalue weighted by Gasteiger charge is 2.16. The molecule has 0 heterocycles. The van der Waals surface area contributed by atoms with Crippen LogP contribution in [0.1, 0.15) is 13.8 Å². The van der Waals surface area contributed by atoms with Crippen LogP contribution in [-0.4, -0.2) is 43.7 Å². The molecule has 0 aliphatic heterocycles. The highest BCUT2D eigenvalue weighted by molar-refractivity contribution is 5.95. The molecule has 0 spiro atoms. The molecule has 1 aromatic carbocycles. The van der Waals surface area contributed by atoms with Crippen molar-refractivity contribution in [2.24, 2.45) is 0 Å². The first kappa shape index (κ1) is 16.4. The Bertz CT molecular complexity index is 454. The van der Waals surface area contributed by atoms with Crippen LogP contribution in [-0.2, 0) is 9.53 Å². The number of benzene rings is 1. The molecule has 1 unspecified atom stereocenters. The molecular formula is C14H22FN3O2. The predicted molar refractivity (Wildman–Crippen MR) is 78.0 cm³/mol. The van der Waals surface area contributed by atoms with E-state index in [1.807, 2.05) is 18.7 Å². The normalized spacial score (nSPS) is 12.4. The molecule has 1 atom stereocenters. The van der Waals surface area contributed by atoms with E-state index < -0.39 is 5.82 Å². The van der Waals surface area contributed by atoms with E-state index in [0.29, 0.717) is 12.3 Å². The Morgan fingerprint density at radius 1 is 1.55 bits per heavy atom. The summed E-state index contributed by atoms with van der Waals surface area (Å²) in [6.45, 7) is 5.49. The molecule has 3 N–H and O–H groups in total. The molecule has 1 aromatic rings. The number of nitrogens with two attached hydrogens (primary N) is 1. The summed E-state index contributed by atoms with van der Waals surface area (Å²) in [5.74, 6) is -0.613. The number of amides is 1. The van der Waals surface area contributed by atoms with Crippen molar-refractivity contribution in [2.45, 2.75) is 19.9 Å². The van der Waals surface area contributed by atoms with Gasteiger partial charge in [0, 0.05) is 13.2 Å². The number of hydrogen-bond acceptors (Lipinski definition) is 4. The summed E-state index contributed by atoms with van der Waals surface area (Å²) >= 11 is 0. The second-order valence-electron chi connectivity index (χ2n) is 4.65. The second kappa shape index (κ2) is 7.81. The van der Waals surface area contributed by atoms with Crippen molar-refractivity contribution in [1.29, 1.82) is 0 Å². The van der Waals surface area contributed by atoms with Gasteiger partial charge in [0.15, 0.2) is 0 Å². The number of likely N-dealkylation sites (N-methyl/N-ethyl adjacent to an activating group) is 1. The zero-order valence-corrected chi connectivity index (χ0v) is 12.1. The van der Waals surface area contributed by atoms with Crippen LogP contribution < -0.4 is 11.1 Å². The van der Waals surface area contributed by atoms with Crippen molar-refractivity contribution in [1.82, 2.24) is 4.90 Å². The van der Waals surface area contributed by atoms with Gasteiger partial charge in [-0.2, -0.15) is 0 Å². The van der Waals surface area contributed by atoms with Crippen LogP contribution in [0, 0.1) is 5.82 Å². The summed E-state index contributed by atoms with van der Waals surface area (Å²) in [5, 5.41) is 2.69. The minimum Gasteiger partial charge on any atom is -0.397 e. The van der Waals surface area contributed by atoms with Crippen molar-refractivity contribution >= 4 is 17.3 Å². The number of nitrogens with one attached hydrogen (secondary N) is 1. The quantitative estimate of drug-likeness (QED) is 0.747. The summed E-state index contributed by atoms with van der Waals surface area (Å²) in [5.41, 5.74) is 6.29. The lowest BCUT2D eigenvalue weighted by Crippen LogP contribution is -2.41. The second-order valence-corrected chi connectivity index (χ2v) is 4.65. The minimum atomic E-state index is -0.426. The molecule has 5 nitrogen and oxygen atoms in total. The Labute approximate surface area is 118 Å². The molecule has 0 fully saturated rings. The number of anilines is 2. The number of carbonyl (C=O) groups is 1. The van der Waals surface area contributed by atoms with Crippen LogP contribution in [0.25, 0.3) is 0 Å². The summed E-state index contributed by atoms with van der Waals surface area (Å²) in [7, 11) is 1.63. The smallest absolute Gasteiger partial charge is 0.238 e. The number of nitrogen functional groups attached to an aromatic ring is 1. The molecule has 0 aliphatic rings. The molecule has 0 saturated heterocycles. The lowest BCUT2D eigenvalue weighted by Gasteiger charge is -2.26. The monoisotopic (exact) mass is 283 g/mol. The minimum absolute atomic E-state index is 0.140. The maximum absolute atomic E-state index is 12.9. The van der Waals surface area contributed by atoms with Gasteiger partial charge in [-0.3, -0.25) is 9.69 Å². The summed E-state index contributed by atoms with van der Waals surface area (Å²) in [4.78, 5) is 14.0. The predicted octanol–water partition coefficient (Wildman–Crippen LogP) is 1.70. The zero-order valence-electron chi connectivity index (χ0n) is 12.1. The number of carbonyl (C=O) groups excluding carboxylic acids is 1. The Balaban J connectivity index is 2.61. The Morgan fingerprint density at radius 3 is 2.80 bits per heavy atom. The molecule has 0 saturated carbocycles. The van der Waals surface area contributed by atoms with Crippen LogP contribution in [0.15, 0.2) is 18.2 Å². The standard InChI is InChI=1S/C14H22FN3O2/c1-4-18(10(2)9-20-3)8-14(19)17-13-6-5-11(15)7-12(13)16/h5-7,10H,4,8-9,16H2,1-3H3,(H,17,19). The third kappa shape index (κ3) is 4.79. The SMILES string of the molecule is CCN(CC(=O)Nc1ccc(F)cc1N)C(C)COC. The van der Waals surface area contributed by atoms with E-state index in [1.54, 1.807) is 7.11 Å². The lowest BCUT2D eigenvalue weighted by molar-refractivity contribution is -0.118. The highest BCUT2D eigenvalue weighted by Crippen LogP contribution is 2.19. The highest BCUT2D eigenvalue weighted by atomic mass is 19.1. The average molecular weight is 283 g/mol. The molecule has 0 aliphatic carbocycles.